The van der Waals surface area contributed by atoms with Crippen LogP contribution in [0.2, 0.25) is 0 Å². The molecule has 1 aliphatic carbocycles. The lowest BCUT2D eigenvalue weighted by atomic mass is 9.85. The van der Waals surface area contributed by atoms with Crippen molar-refractivity contribution in [2.24, 2.45) is 10.9 Å². The number of alkyl halides is 3. The van der Waals surface area contributed by atoms with Crippen LogP contribution < -0.4 is 5.32 Å². The van der Waals surface area contributed by atoms with E-state index < -0.39 is 16.5 Å². The summed E-state index contributed by atoms with van der Waals surface area (Å²) in [7, 11) is 0. The molecule has 138 valence electrons. The van der Waals surface area contributed by atoms with Crippen molar-refractivity contribution >= 4 is 22.8 Å². The zero-order chi connectivity index (χ0) is 18.2. The fraction of sp³-hybridized carbons (Fsp3) is 0.875. The minimum Gasteiger partial charge on any atom is -0.380 e. The Labute approximate surface area is 144 Å². The number of hydrogen-bond acceptors (Lipinski definition) is 4. The van der Waals surface area contributed by atoms with Gasteiger partial charge in [0.1, 0.15) is 4.75 Å². The molecule has 0 aromatic rings. The molecule has 24 heavy (non-hydrogen) atoms. The predicted octanol–water partition coefficient (Wildman–Crippen LogP) is 3.64. The maximum absolute atomic E-state index is 12.9. The summed E-state index contributed by atoms with van der Waals surface area (Å²) >= 11 is 1.40. The summed E-state index contributed by atoms with van der Waals surface area (Å²) in [5.41, 5.74) is -2.57. The van der Waals surface area contributed by atoms with Gasteiger partial charge in [0.15, 0.2) is 10.8 Å². The Balaban J connectivity index is 2.00. The average Bonchev–Trinajstić information content (AvgIpc) is 2.71. The van der Waals surface area contributed by atoms with Crippen LogP contribution in [-0.2, 0) is 4.79 Å². The Morgan fingerprint density at radius 1 is 1.29 bits per heavy atom. The Hall–Kier alpha value is -0.760. The molecule has 0 bridgehead atoms. The number of hydrogen-bond donors (Lipinski definition) is 2. The molecule has 1 saturated heterocycles. The van der Waals surface area contributed by atoms with Gasteiger partial charge in [0, 0.05) is 0 Å². The highest BCUT2D eigenvalue weighted by Gasteiger charge is 2.53. The third kappa shape index (κ3) is 3.90. The highest BCUT2D eigenvalue weighted by Crippen LogP contribution is 2.41. The van der Waals surface area contributed by atoms with Crippen LogP contribution in [-0.4, -0.2) is 38.7 Å². The molecule has 1 unspecified atom stereocenters. The normalized spacial score (nSPS) is 37.4. The summed E-state index contributed by atoms with van der Waals surface area (Å²) in [5, 5.41) is 13.2. The van der Waals surface area contributed by atoms with E-state index in [-0.39, 0.29) is 43.6 Å². The van der Waals surface area contributed by atoms with Crippen molar-refractivity contribution in [2.45, 2.75) is 81.9 Å². The Kier molecular flexibility index (Phi) is 5.59. The first-order valence-corrected chi connectivity index (χ1v) is 9.17. The van der Waals surface area contributed by atoms with Gasteiger partial charge in [0.25, 0.3) is 0 Å². The number of amidine groups is 1. The van der Waals surface area contributed by atoms with Crippen molar-refractivity contribution in [1.29, 1.82) is 0 Å². The summed E-state index contributed by atoms with van der Waals surface area (Å²) in [6.45, 7) is 5.83. The van der Waals surface area contributed by atoms with E-state index >= 15 is 0 Å². The Bertz CT molecular complexity index is 512. The van der Waals surface area contributed by atoms with Crippen molar-refractivity contribution in [3.05, 3.63) is 0 Å². The van der Waals surface area contributed by atoms with Crippen LogP contribution in [0, 0.1) is 5.92 Å². The number of aliphatic hydroxyl groups is 1. The summed E-state index contributed by atoms with van der Waals surface area (Å²) < 4.78 is 38.3. The number of nitrogens with one attached hydrogen (secondary N) is 1. The second kappa shape index (κ2) is 6.86. The largest absolute Gasteiger partial charge is 0.417 e. The van der Waals surface area contributed by atoms with E-state index in [1.165, 1.54) is 11.8 Å². The molecular weight excluding hydrogens is 341 g/mol. The lowest BCUT2D eigenvalue weighted by Crippen LogP contribution is -2.45. The van der Waals surface area contributed by atoms with E-state index in [0.717, 1.165) is 0 Å². The molecule has 1 aliphatic heterocycles. The first-order chi connectivity index (χ1) is 11.0. The van der Waals surface area contributed by atoms with Crippen LogP contribution in [0.15, 0.2) is 4.99 Å². The molecule has 2 fully saturated rings. The molecule has 0 spiro atoms. The van der Waals surface area contributed by atoms with E-state index in [2.05, 4.69) is 10.3 Å². The fourth-order valence-corrected chi connectivity index (χ4v) is 4.17. The van der Waals surface area contributed by atoms with Crippen molar-refractivity contribution < 1.29 is 23.1 Å². The van der Waals surface area contributed by atoms with E-state index in [9.17, 15) is 23.1 Å². The molecule has 8 heteroatoms. The van der Waals surface area contributed by atoms with Crippen molar-refractivity contribution in [1.82, 2.24) is 5.32 Å². The van der Waals surface area contributed by atoms with Crippen LogP contribution in [0.1, 0.15) is 59.3 Å². The van der Waals surface area contributed by atoms with Gasteiger partial charge in [-0.1, -0.05) is 25.6 Å². The van der Waals surface area contributed by atoms with Crippen LogP contribution in [0.3, 0.4) is 0 Å². The Morgan fingerprint density at radius 2 is 1.83 bits per heavy atom. The number of aliphatic imine (C=N–C) groups is 1. The highest BCUT2D eigenvalue weighted by molar-refractivity contribution is 8.16. The minimum atomic E-state index is -4.58. The topological polar surface area (TPSA) is 61.7 Å². The fourth-order valence-electron chi connectivity index (χ4n) is 3.04. The minimum absolute atomic E-state index is 0.0708. The summed E-state index contributed by atoms with van der Waals surface area (Å²) in [4.78, 5) is 16.7. The summed E-state index contributed by atoms with van der Waals surface area (Å²) in [6.07, 6.45) is -3.68. The highest BCUT2D eigenvalue weighted by atomic mass is 32.2. The van der Waals surface area contributed by atoms with E-state index in [4.69, 9.17) is 0 Å². The Morgan fingerprint density at radius 3 is 2.25 bits per heavy atom. The first kappa shape index (κ1) is 19.6. The molecule has 1 saturated carbocycles. The number of halogens is 3. The van der Waals surface area contributed by atoms with Gasteiger partial charge in [-0.3, -0.25) is 9.79 Å². The average molecular weight is 366 g/mol. The van der Waals surface area contributed by atoms with Crippen molar-refractivity contribution in [3.8, 4) is 0 Å². The molecule has 2 N–H and O–H groups in total. The molecular formula is C16H25F3N2O2S. The molecule has 1 atom stereocenters. The molecule has 4 nitrogen and oxygen atoms in total. The number of thioether (sulfide) groups is 1. The first-order valence-electron chi connectivity index (χ1n) is 8.35. The van der Waals surface area contributed by atoms with Crippen LogP contribution in [0.4, 0.5) is 13.2 Å². The molecule has 1 amide bonds. The van der Waals surface area contributed by atoms with Crippen molar-refractivity contribution in [3.63, 3.8) is 0 Å². The molecule has 0 radical (unpaired) electrons. The van der Waals surface area contributed by atoms with Gasteiger partial charge in [-0.25, -0.2) is 0 Å². The lowest BCUT2D eigenvalue weighted by Gasteiger charge is -2.33. The zero-order valence-electron chi connectivity index (χ0n) is 14.2. The van der Waals surface area contributed by atoms with Gasteiger partial charge in [-0.2, -0.15) is 13.2 Å². The second-order valence-electron chi connectivity index (χ2n) is 7.22. The number of carbonyl (C=O) groups is 1. The number of rotatable bonds is 2. The van der Waals surface area contributed by atoms with E-state index in [0.29, 0.717) is 18.0 Å². The molecule has 0 aromatic carbocycles. The van der Waals surface area contributed by atoms with E-state index in [1.807, 2.05) is 20.8 Å². The van der Waals surface area contributed by atoms with Gasteiger partial charge in [0.2, 0.25) is 5.91 Å². The maximum atomic E-state index is 12.9. The summed E-state index contributed by atoms with van der Waals surface area (Å²) in [5.74, 6) is 0.0767. The van der Waals surface area contributed by atoms with E-state index in [1.54, 1.807) is 0 Å². The number of carbonyl (C=O) groups excluding carboxylic acids is 1. The second-order valence-corrected chi connectivity index (χ2v) is 8.66. The molecule has 0 aromatic heterocycles. The van der Waals surface area contributed by atoms with Gasteiger partial charge >= 0.3 is 6.18 Å². The maximum Gasteiger partial charge on any atom is 0.417 e. The van der Waals surface area contributed by atoms with Gasteiger partial charge in [0.05, 0.1) is 6.04 Å². The van der Waals surface area contributed by atoms with Gasteiger partial charge < -0.3 is 10.4 Å². The number of nitrogens with zero attached hydrogens (tertiary/aromatic N) is 1. The lowest BCUT2D eigenvalue weighted by molar-refractivity contribution is -0.266. The number of amides is 1. The van der Waals surface area contributed by atoms with Crippen LogP contribution in [0.25, 0.3) is 0 Å². The van der Waals surface area contributed by atoms with Crippen molar-refractivity contribution in [2.75, 3.05) is 0 Å². The molecule has 1 heterocycles. The quantitative estimate of drug-likeness (QED) is 0.784. The molecule has 2 rings (SSSR count). The van der Waals surface area contributed by atoms with Crippen LogP contribution in [0.5, 0.6) is 0 Å². The zero-order valence-corrected chi connectivity index (χ0v) is 15.1. The standard InChI is InChI=1S/C16H25F3N2O2S/c1-10(2)14(3)12(22)21-13(24-14)20-11-6-4-8-15(23,9-5-7-11)16(17,18)19/h10-11,23H,4-9H2,1-3H3,(H,20,21,22). The van der Waals surface area contributed by atoms with Gasteiger partial charge in [-0.15, -0.1) is 0 Å². The predicted molar refractivity (Wildman–Crippen MR) is 88.9 cm³/mol. The third-order valence-corrected chi connectivity index (χ3v) is 6.65. The summed E-state index contributed by atoms with van der Waals surface area (Å²) in [6, 6.07) is -0.111. The molecule has 2 aliphatic rings. The van der Waals surface area contributed by atoms with Crippen LogP contribution >= 0.6 is 11.8 Å². The monoisotopic (exact) mass is 366 g/mol. The smallest absolute Gasteiger partial charge is 0.380 e. The van der Waals surface area contributed by atoms with Gasteiger partial charge in [-0.05, 0) is 51.4 Å². The third-order valence-electron chi connectivity index (χ3n) is 5.16. The SMILES string of the molecule is CC(C)C1(C)SC(=NC2CCCC(O)(C(F)(F)F)CCC2)NC1=O.